The summed E-state index contributed by atoms with van der Waals surface area (Å²) < 4.78 is 4.86. The fraction of sp³-hybridized carbons (Fsp3) is 0.889. The largest absolute Gasteiger partial charge is 0.465 e. The van der Waals surface area contributed by atoms with Crippen molar-refractivity contribution < 1.29 is 9.53 Å². The van der Waals surface area contributed by atoms with Gasteiger partial charge in [0.25, 0.3) is 0 Å². The van der Waals surface area contributed by atoms with Crippen molar-refractivity contribution in [2.45, 2.75) is 32.7 Å². The van der Waals surface area contributed by atoms with Gasteiger partial charge in [0.1, 0.15) is 5.54 Å². The number of ether oxygens (including phenoxy) is 1. The van der Waals surface area contributed by atoms with E-state index >= 15 is 0 Å². The van der Waals surface area contributed by atoms with E-state index in [2.05, 4.69) is 6.92 Å². The van der Waals surface area contributed by atoms with Crippen LogP contribution in [0.4, 0.5) is 0 Å². The van der Waals surface area contributed by atoms with E-state index in [9.17, 15) is 4.79 Å². The van der Waals surface area contributed by atoms with Crippen molar-refractivity contribution in [3.05, 3.63) is 0 Å². The molecule has 0 aliphatic heterocycles. The highest BCUT2D eigenvalue weighted by Gasteiger charge is 2.29. The van der Waals surface area contributed by atoms with Crippen LogP contribution in [0, 0.1) is 0 Å². The molecule has 0 rings (SSSR count). The summed E-state index contributed by atoms with van der Waals surface area (Å²) in [6.45, 7) is 6.00. The van der Waals surface area contributed by atoms with Gasteiger partial charge in [-0.15, -0.1) is 0 Å². The smallest absolute Gasteiger partial charge is 0.326 e. The van der Waals surface area contributed by atoms with Gasteiger partial charge in [-0.25, -0.2) is 0 Å². The van der Waals surface area contributed by atoms with Crippen LogP contribution < -0.4 is 5.73 Å². The predicted octanol–water partition coefficient (Wildman–Crippen LogP) is 1.41. The van der Waals surface area contributed by atoms with Gasteiger partial charge in [0.15, 0.2) is 0 Å². The van der Waals surface area contributed by atoms with E-state index in [1.807, 2.05) is 0 Å². The minimum Gasteiger partial charge on any atom is -0.465 e. The number of thioether (sulfide) groups is 1. The second-order valence-corrected chi connectivity index (χ2v) is 4.30. The Kier molecular flexibility index (Phi) is 6.16. The van der Waals surface area contributed by atoms with Crippen LogP contribution in [0.15, 0.2) is 0 Å². The van der Waals surface area contributed by atoms with Crippen molar-refractivity contribution in [3.8, 4) is 0 Å². The number of carbonyl (C=O) groups is 1. The highest BCUT2D eigenvalue weighted by molar-refractivity contribution is 7.99. The van der Waals surface area contributed by atoms with Gasteiger partial charge >= 0.3 is 5.97 Å². The Morgan fingerprint density at radius 1 is 1.54 bits per heavy atom. The molecule has 13 heavy (non-hydrogen) atoms. The monoisotopic (exact) mass is 205 g/mol. The molecule has 0 amide bonds. The van der Waals surface area contributed by atoms with Crippen molar-refractivity contribution in [1.29, 1.82) is 0 Å². The predicted molar refractivity (Wildman–Crippen MR) is 56.8 cm³/mol. The number of nitrogens with two attached hydrogens (primary N) is 1. The minimum absolute atomic E-state index is 0.307. The summed E-state index contributed by atoms with van der Waals surface area (Å²) in [7, 11) is 0. The molecule has 0 bridgehead atoms. The van der Waals surface area contributed by atoms with E-state index in [0.29, 0.717) is 12.4 Å². The average Bonchev–Trinajstić information content (AvgIpc) is 2.05. The Hall–Kier alpha value is -0.220. The zero-order chi connectivity index (χ0) is 10.3. The third-order valence-electron chi connectivity index (χ3n) is 1.49. The van der Waals surface area contributed by atoms with E-state index in [4.69, 9.17) is 10.5 Å². The van der Waals surface area contributed by atoms with Gasteiger partial charge in [0.05, 0.1) is 6.61 Å². The van der Waals surface area contributed by atoms with Crippen molar-refractivity contribution in [3.63, 3.8) is 0 Å². The van der Waals surface area contributed by atoms with Crippen LogP contribution in [0.25, 0.3) is 0 Å². The molecular formula is C9H19NO2S. The summed E-state index contributed by atoms with van der Waals surface area (Å²) >= 11 is 1.69. The molecule has 1 atom stereocenters. The molecule has 2 N–H and O–H groups in total. The molecule has 0 aromatic rings. The summed E-state index contributed by atoms with van der Waals surface area (Å²) in [5, 5.41) is 0. The summed E-state index contributed by atoms with van der Waals surface area (Å²) in [6.07, 6.45) is 1.10. The molecule has 4 heteroatoms. The van der Waals surface area contributed by atoms with Crippen LogP contribution in [-0.2, 0) is 9.53 Å². The minimum atomic E-state index is -0.837. The van der Waals surface area contributed by atoms with Gasteiger partial charge in [0.2, 0.25) is 0 Å². The second-order valence-electron chi connectivity index (χ2n) is 3.19. The first-order valence-electron chi connectivity index (χ1n) is 4.58. The maximum Gasteiger partial charge on any atom is 0.326 e. The molecule has 0 aromatic carbocycles. The van der Waals surface area contributed by atoms with E-state index < -0.39 is 5.54 Å². The molecule has 0 saturated carbocycles. The lowest BCUT2D eigenvalue weighted by Gasteiger charge is -2.21. The normalized spacial score (nSPS) is 15.1. The van der Waals surface area contributed by atoms with E-state index in [1.165, 1.54) is 0 Å². The van der Waals surface area contributed by atoms with Crippen LogP contribution in [0.5, 0.6) is 0 Å². The van der Waals surface area contributed by atoms with Gasteiger partial charge < -0.3 is 10.5 Å². The summed E-state index contributed by atoms with van der Waals surface area (Å²) in [4.78, 5) is 11.3. The molecule has 1 unspecified atom stereocenters. The van der Waals surface area contributed by atoms with Crippen LogP contribution in [0.2, 0.25) is 0 Å². The van der Waals surface area contributed by atoms with Crippen LogP contribution in [0.3, 0.4) is 0 Å². The third-order valence-corrected chi connectivity index (χ3v) is 2.99. The maximum absolute atomic E-state index is 11.3. The van der Waals surface area contributed by atoms with Crippen LogP contribution in [-0.4, -0.2) is 29.6 Å². The molecule has 0 saturated heterocycles. The van der Waals surface area contributed by atoms with Crippen molar-refractivity contribution in [2.75, 3.05) is 18.1 Å². The first kappa shape index (κ1) is 12.8. The van der Waals surface area contributed by atoms with E-state index in [0.717, 1.165) is 12.2 Å². The number of carbonyl (C=O) groups excluding carboxylic acids is 1. The highest BCUT2D eigenvalue weighted by atomic mass is 32.2. The topological polar surface area (TPSA) is 52.3 Å². The molecule has 0 spiro atoms. The molecule has 0 aliphatic rings. The Bertz CT molecular complexity index is 160. The SMILES string of the molecule is CCCSCC(C)(N)C(=O)OCC. The van der Waals surface area contributed by atoms with Crippen molar-refractivity contribution in [1.82, 2.24) is 0 Å². The Morgan fingerprint density at radius 3 is 2.62 bits per heavy atom. The number of esters is 1. The van der Waals surface area contributed by atoms with Crippen LogP contribution in [0.1, 0.15) is 27.2 Å². The molecule has 0 fully saturated rings. The fourth-order valence-electron chi connectivity index (χ4n) is 0.783. The lowest BCUT2D eigenvalue weighted by atomic mass is 10.1. The summed E-state index contributed by atoms with van der Waals surface area (Å²) in [5.41, 5.74) is 4.95. The number of hydrogen-bond donors (Lipinski definition) is 1. The zero-order valence-corrected chi connectivity index (χ0v) is 9.45. The lowest BCUT2D eigenvalue weighted by Crippen LogP contribution is -2.48. The van der Waals surface area contributed by atoms with Crippen molar-refractivity contribution in [2.24, 2.45) is 5.73 Å². The Balaban J connectivity index is 3.83. The molecule has 0 aliphatic carbocycles. The van der Waals surface area contributed by atoms with E-state index in [-0.39, 0.29) is 5.97 Å². The lowest BCUT2D eigenvalue weighted by molar-refractivity contribution is -0.148. The molecule has 0 radical (unpaired) electrons. The number of rotatable bonds is 6. The fourth-order valence-corrected chi connectivity index (χ4v) is 1.76. The standard InChI is InChI=1S/C9H19NO2S/c1-4-6-13-7-9(3,10)8(11)12-5-2/h4-7,10H2,1-3H3. The quantitative estimate of drug-likeness (QED) is 0.526. The maximum atomic E-state index is 11.3. The molecule has 0 aromatic heterocycles. The first-order valence-corrected chi connectivity index (χ1v) is 5.74. The summed E-state index contributed by atoms with van der Waals surface area (Å²) in [6, 6.07) is 0. The van der Waals surface area contributed by atoms with Gasteiger partial charge in [-0.3, -0.25) is 4.79 Å². The van der Waals surface area contributed by atoms with E-state index in [1.54, 1.807) is 25.6 Å². The highest BCUT2D eigenvalue weighted by Crippen LogP contribution is 2.13. The average molecular weight is 205 g/mol. The zero-order valence-electron chi connectivity index (χ0n) is 8.63. The number of hydrogen-bond acceptors (Lipinski definition) is 4. The van der Waals surface area contributed by atoms with Gasteiger partial charge in [-0.05, 0) is 26.0 Å². The van der Waals surface area contributed by atoms with Gasteiger partial charge in [-0.2, -0.15) is 11.8 Å². The third kappa shape index (κ3) is 5.16. The Morgan fingerprint density at radius 2 is 2.15 bits per heavy atom. The molecule has 3 nitrogen and oxygen atoms in total. The van der Waals surface area contributed by atoms with Crippen LogP contribution >= 0.6 is 11.8 Å². The Labute approximate surface area is 84.4 Å². The molecular weight excluding hydrogens is 186 g/mol. The molecule has 0 heterocycles. The van der Waals surface area contributed by atoms with Gasteiger partial charge in [0, 0.05) is 5.75 Å². The molecule has 78 valence electrons. The summed E-state index contributed by atoms with van der Waals surface area (Å²) in [5.74, 6) is 1.35. The second kappa shape index (κ2) is 6.27. The first-order chi connectivity index (χ1) is 6.04. The van der Waals surface area contributed by atoms with Gasteiger partial charge in [-0.1, -0.05) is 6.92 Å². The van der Waals surface area contributed by atoms with Crippen molar-refractivity contribution >= 4 is 17.7 Å².